The minimum absolute atomic E-state index is 0.114. The molecule has 102 valence electrons. The number of hydrogen-bond donors (Lipinski definition) is 1. The number of alkyl halides is 3. The molecule has 0 heterocycles. The molecule has 1 aromatic carbocycles. The second-order valence-electron chi connectivity index (χ2n) is 5.86. The molecule has 1 nitrogen and oxygen atoms in total. The molecule has 0 radical (unpaired) electrons. The van der Waals surface area contributed by atoms with E-state index in [1.165, 1.54) is 12.1 Å². The van der Waals surface area contributed by atoms with E-state index in [0.717, 1.165) is 0 Å². The fraction of sp³-hybridized carbons (Fsp3) is 0.571. The number of aromatic hydroxyl groups is 1. The van der Waals surface area contributed by atoms with E-state index in [2.05, 4.69) is 0 Å². The third kappa shape index (κ3) is 2.98. The lowest BCUT2D eigenvalue weighted by molar-refractivity contribution is -0.139. The summed E-state index contributed by atoms with van der Waals surface area (Å²) in [5.74, 6) is -0.411. The first-order valence-electron chi connectivity index (χ1n) is 5.89. The summed E-state index contributed by atoms with van der Waals surface area (Å²) in [6.07, 6.45) is -4.41. The van der Waals surface area contributed by atoms with Crippen molar-refractivity contribution in [3.8, 4) is 5.75 Å². The van der Waals surface area contributed by atoms with E-state index < -0.39 is 17.2 Å². The van der Waals surface area contributed by atoms with Gasteiger partial charge in [-0.1, -0.05) is 34.6 Å². The van der Waals surface area contributed by atoms with E-state index in [1.807, 2.05) is 0 Å². The molecule has 1 N–H and O–H groups in total. The molecule has 0 spiro atoms. The largest absolute Gasteiger partial charge is 0.508 e. The highest BCUT2D eigenvalue weighted by atomic mass is 19.4. The fourth-order valence-electron chi connectivity index (χ4n) is 2.01. The van der Waals surface area contributed by atoms with E-state index in [1.54, 1.807) is 34.6 Å². The van der Waals surface area contributed by atoms with Crippen LogP contribution >= 0.6 is 0 Å². The Morgan fingerprint density at radius 1 is 1.06 bits per heavy atom. The lowest BCUT2D eigenvalue weighted by Gasteiger charge is -2.27. The molecule has 0 fully saturated rings. The van der Waals surface area contributed by atoms with Crippen LogP contribution in [0.5, 0.6) is 5.75 Å². The SMILES string of the molecule is CC(C)c1cc(O)cc(C(C)(C)C)c1C(F)(F)F. The molecule has 0 aliphatic heterocycles. The summed E-state index contributed by atoms with van der Waals surface area (Å²) in [7, 11) is 0. The Bertz CT molecular complexity index is 440. The highest BCUT2D eigenvalue weighted by molar-refractivity contribution is 5.47. The number of hydrogen-bond acceptors (Lipinski definition) is 1. The van der Waals surface area contributed by atoms with Crippen LogP contribution in [0.3, 0.4) is 0 Å². The quantitative estimate of drug-likeness (QED) is 0.766. The number of phenols is 1. The average molecular weight is 260 g/mol. The molecule has 0 aliphatic rings. The highest BCUT2D eigenvalue weighted by Gasteiger charge is 2.39. The lowest BCUT2D eigenvalue weighted by Crippen LogP contribution is -2.22. The Hall–Kier alpha value is -1.19. The van der Waals surface area contributed by atoms with Crippen molar-refractivity contribution < 1.29 is 18.3 Å². The summed E-state index contributed by atoms with van der Waals surface area (Å²) >= 11 is 0. The molecule has 1 rings (SSSR count). The van der Waals surface area contributed by atoms with E-state index >= 15 is 0 Å². The second kappa shape index (κ2) is 4.48. The summed E-state index contributed by atoms with van der Waals surface area (Å²) in [6.45, 7) is 8.51. The van der Waals surface area contributed by atoms with E-state index in [9.17, 15) is 18.3 Å². The van der Waals surface area contributed by atoms with Crippen LogP contribution in [0.2, 0.25) is 0 Å². The van der Waals surface area contributed by atoms with Crippen LogP contribution in [-0.4, -0.2) is 5.11 Å². The molecule has 0 saturated carbocycles. The van der Waals surface area contributed by atoms with Crippen molar-refractivity contribution in [2.45, 2.75) is 52.1 Å². The van der Waals surface area contributed by atoms with Crippen LogP contribution in [-0.2, 0) is 11.6 Å². The third-order valence-electron chi connectivity index (χ3n) is 2.87. The van der Waals surface area contributed by atoms with Gasteiger partial charge in [0.2, 0.25) is 0 Å². The van der Waals surface area contributed by atoms with Gasteiger partial charge in [-0.3, -0.25) is 0 Å². The summed E-state index contributed by atoms with van der Waals surface area (Å²) in [5, 5.41) is 9.63. The Labute approximate surface area is 106 Å². The molecule has 1 aromatic rings. The zero-order valence-corrected chi connectivity index (χ0v) is 11.3. The van der Waals surface area contributed by atoms with Crippen LogP contribution in [0.4, 0.5) is 13.2 Å². The maximum Gasteiger partial charge on any atom is 0.416 e. The van der Waals surface area contributed by atoms with Gasteiger partial charge in [-0.25, -0.2) is 0 Å². The highest BCUT2D eigenvalue weighted by Crippen LogP contribution is 2.43. The monoisotopic (exact) mass is 260 g/mol. The first-order chi connectivity index (χ1) is 7.94. The number of phenolic OH excluding ortho intramolecular Hbond substituents is 1. The van der Waals surface area contributed by atoms with Gasteiger partial charge >= 0.3 is 6.18 Å². The predicted molar refractivity (Wildman–Crippen MR) is 65.9 cm³/mol. The van der Waals surface area contributed by atoms with Gasteiger partial charge in [0.05, 0.1) is 5.56 Å². The standard InChI is InChI=1S/C14H19F3O/c1-8(2)10-6-9(18)7-11(13(3,4)5)12(10)14(15,16)17/h6-8,18H,1-5H3. The minimum atomic E-state index is -4.41. The molecule has 0 atom stereocenters. The van der Waals surface area contributed by atoms with Crippen molar-refractivity contribution in [1.29, 1.82) is 0 Å². The van der Waals surface area contributed by atoms with Gasteiger partial charge in [0.25, 0.3) is 0 Å². The molecule has 0 aromatic heterocycles. The van der Waals surface area contributed by atoms with Crippen LogP contribution in [0, 0.1) is 0 Å². The average Bonchev–Trinajstić information content (AvgIpc) is 2.12. The smallest absolute Gasteiger partial charge is 0.416 e. The van der Waals surface area contributed by atoms with Gasteiger partial charge in [-0.15, -0.1) is 0 Å². The number of rotatable bonds is 1. The van der Waals surface area contributed by atoms with Gasteiger partial charge < -0.3 is 5.11 Å². The Morgan fingerprint density at radius 3 is 1.89 bits per heavy atom. The van der Waals surface area contributed by atoms with Gasteiger partial charge in [-0.05, 0) is 34.6 Å². The molecule has 0 saturated heterocycles. The Balaban J connectivity index is 3.70. The van der Waals surface area contributed by atoms with Gasteiger partial charge in [0.1, 0.15) is 5.75 Å². The number of halogens is 3. The Kier molecular flexibility index (Phi) is 3.70. The van der Waals surface area contributed by atoms with E-state index in [0.29, 0.717) is 0 Å². The predicted octanol–water partition coefficient (Wildman–Crippen LogP) is 4.83. The van der Waals surface area contributed by atoms with E-state index in [-0.39, 0.29) is 22.8 Å². The molecule has 0 amide bonds. The van der Waals surface area contributed by atoms with Crippen molar-refractivity contribution in [3.63, 3.8) is 0 Å². The summed E-state index contributed by atoms with van der Waals surface area (Å²) < 4.78 is 39.7. The van der Waals surface area contributed by atoms with E-state index in [4.69, 9.17) is 0 Å². The molecule has 18 heavy (non-hydrogen) atoms. The minimum Gasteiger partial charge on any atom is -0.508 e. The first-order valence-corrected chi connectivity index (χ1v) is 5.89. The Morgan fingerprint density at radius 2 is 1.56 bits per heavy atom. The summed E-state index contributed by atoms with van der Waals surface area (Å²) in [5.41, 5.74) is -0.998. The van der Waals surface area contributed by atoms with Crippen molar-refractivity contribution in [3.05, 3.63) is 28.8 Å². The van der Waals surface area contributed by atoms with Crippen molar-refractivity contribution >= 4 is 0 Å². The van der Waals surface area contributed by atoms with Gasteiger partial charge in [0.15, 0.2) is 0 Å². The summed E-state index contributed by atoms with van der Waals surface area (Å²) in [6, 6.07) is 2.43. The van der Waals surface area contributed by atoms with Crippen LogP contribution in [0.15, 0.2) is 12.1 Å². The molecule has 0 unspecified atom stereocenters. The zero-order valence-electron chi connectivity index (χ0n) is 11.3. The lowest BCUT2D eigenvalue weighted by atomic mass is 9.80. The van der Waals surface area contributed by atoms with Crippen molar-refractivity contribution in [1.82, 2.24) is 0 Å². The maximum absolute atomic E-state index is 13.2. The molecule has 4 heteroatoms. The molecule has 0 bridgehead atoms. The normalized spacial score (nSPS) is 13.2. The third-order valence-corrected chi connectivity index (χ3v) is 2.87. The summed E-state index contributed by atoms with van der Waals surface area (Å²) in [4.78, 5) is 0. The van der Waals surface area contributed by atoms with Crippen LogP contribution < -0.4 is 0 Å². The molecular formula is C14H19F3O. The second-order valence-corrected chi connectivity index (χ2v) is 5.86. The van der Waals surface area contributed by atoms with Crippen LogP contribution in [0.25, 0.3) is 0 Å². The molecule has 0 aliphatic carbocycles. The van der Waals surface area contributed by atoms with Crippen LogP contribution in [0.1, 0.15) is 57.2 Å². The molecular weight excluding hydrogens is 241 g/mol. The van der Waals surface area contributed by atoms with Crippen molar-refractivity contribution in [2.75, 3.05) is 0 Å². The topological polar surface area (TPSA) is 20.2 Å². The van der Waals surface area contributed by atoms with Crippen molar-refractivity contribution in [2.24, 2.45) is 0 Å². The zero-order chi connectivity index (χ0) is 14.3. The van der Waals surface area contributed by atoms with Gasteiger partial charge in [0, 0.05) is 0 Å². The maximum atomic E-state index is 13.2. The fourth-order valence-corrected chi connectivity index (χ4v) is 2.01. The number of benzene rings is 1. The first kappa shape index (κ1) is 14.9. The van der Waals surface area contributed by atoms with Gasteiger partial charge in [-0.2, -0.15) is 13.2 Å².